The topological polar surface area (TPSA) is 35.2 Å². The number of rotatable bonds is 3. The van der Waals surface area contributed by atoms with Crippen LogP contribution in [-0.4, -0.2) is 6.10 Å². The van der Waals surface area contributed by atoms with Gasteiger partial charge in [-0.15, -0.1) is 0 Å². The Hall–Kier alpha value is -0.730. The lowest BCUT2D eigenvalue weighted by atomic mass is 9.89. The van der Waals surface area contributed by atoms with Crippen molar-refractivity contribution in [2.45, 2.75) is 51.7 Å². The van der Waals surface area contributed by atoms with Crippen molar-refractivity contribution in [1.29, 1.82) is 0 Å². The first-order valence-corrected chi connectivity index (χ1v) is 7.15. The molecule has 1 aliphatic rings. The molecular weight excluding hydrogens is 246 g/mol. The monoisotopic (exact) mass is 267 g/mol. The summed E-state index contributed by atoms with van der Waals surface area (Å²) >= 11 is 6.01. The summed E-state index contributed by atoms with van der Waals surface area (Å²) in [7, 11) is 0. The molecule has 0 bridgehead atoms. The van der Waals surface area contributed by atoms with Crippen molar-refractivity contribution in [1.82, 2.24) is 0 Å². The SMILES string of the molecule is CC1CCC(Oc2ccc(Cl)cc2[C@@H](C)N)CC1. The van der Waals surface area contributed by atoms with Crippen LogP contribution in [0, 0.1) is 5.92 Å². The van der Waals surface area contributed by atoms with Gasteiger partial charge in [0.25, 0.3) is 0 Å². The molecule has 2 rings (SSSR count). The van der Waals surface area contributed by atoms with Crippen LogP contribution in [0.2, 0.25) is 5.02 Å². The van der Waals surface area contributed by atoms with Crippen LogP contribution in [0.3, 0.4) is 0 Å². The Bertz CT molecular complexity index is 397. The second-order valence-corrected chi connectivity index (χ2v) is 5.91. The Morgan fingerprint density at radius 1 is 1.28 bits per heavy atom. The molecule has 3 heteroatoms. The summed E-state index contributed by atoms with van der Waals surface area (Å²) in [5.74, 6) is 1.73. The molecule has 0 saturated heterocycles. The van der Waals surface area contributed by atoms with E-state index >= 15 is 0 Å². The lowest BCUT2D eigenvalue weighted by Crippen LogP contribution is -2.24. The molecule has 1 aliphatic carbocycles. The molecule has 1 atom stereocenters. The summed E-state index contributed by atoms with van der Waals surface area (Å²) < 4.78 is 6.11. The quantitative estimate of drug-likeness (QED) is 0.885. The van der Waals surface area contributed by atoms with Gasteiger partial charge in [-0.3, -0.25) is 0 Å². The summed E-state index contributed by atoms with van der Waals surface area (Å²) in [6.45, 7) is 4.27. The van der Waals surface area contributed by atoms with Gasteiger partial charge in [0, 0.05) is 16.6 Å². The maximum Gasteiger partial charge on any atom is 0.124 e. The zero-order valence-corrected chi connectivity index (χ0v) is 11.9. The van der Waals surface area contributed by atoms with Gasteiger partial charge in [-0.2, -0.15) is 0 Å². The van der Waals surface area contributed by atoms with Crippen LogP contribution in [0.25, 0.3) is 0 Å². The second kappa shape index (κ2) is 5.94. The molecule has 1 aromatic carbocycles. The third-order valence-electron chi connectivity index (χ3n) is 3.72. The molecule has 2 N–H and O–H groups in total. The molecule has 0 spiro atoms. The van der Waals surface area contributed by atoms with Crippen molar-refractivity contribution >= 4 is 11.6 Å². The van der Waals surface area contributed by atoms with Crippen LogP contribution in [-0.2, 0) is 0 Å². The van der Waals surface area contributed by atoms with Crippen LogP contribution in [0.15, 0.2) is 18.2 Å². The van der Waals surface area contributed by atoms with Crippen molar-refractivity contribution in [3.63, 3.8) is 0 Å². The molecule has 0 aromatic heterocycles. The number of halogens is 1. The summed E-state index contributed by atoms with van der Waals surface area (Å²) in [5.41, 5.74) is 6.97. The van der Waals surface area contributed by atoms with Crippen molar-refractivity contribution in [2.24, 2.45) is 11.7 Å². The average molecular weight is 268 g/mol. The van der Waals surface area contributed by atoms with E-state index in [1.807, 2.05) is 25.1 Å². The predicted octanol–water partition coefficient (Wildman–Crippen LogP) is 4.32. The summed E-state index contributed by atoms with van der Waals surface area (Å²) in [6, 6.07) is 5.67. The van der Waals surface area contributed by atoms with Gasteiger partial charge in [-0.1, -0.05) is 18.5 Å². The van der Waals surface area contributed by atoms with Gasteiger partial charge in [0.1, 0.15) is 5.75 Å². The maximum atomic E-state index is 6.11. The predicted molar refractivity (Wildman–Crippen MR) is 76.1 cm³/mol. The minimum absolute atomic E-state index is 0.0544. The molecule has 0 radical (unpaired) electrons. The van der Waals surface area contributed by atoms with Crippen LogP contribution in [0.1, 0.15) is 51.1 Å². The number of ether oxygens (including phenoxy) is 1. The highest BCUT2D eigenvalue weighted by Gasteiger charge is 2.21. The smallest absolute Gasteiger partial charge is 0.124 e. The van der Waals surface area contributed by atoms with E-state index in [-0.39, 0.29) is 6.04 Å². The first kappa shape index (κ1) is 13.7. The van der Waals surface area contributed by atoms with Crippen LogP contribution in [0.4, 0.5) is 0 Å². The standard InChI is InChI=1S/C15H22ClNO/c1-10-3-6-13(7-4-10)18-15-8-5-12(16)9-14(15)11(2)17/h5,8-11,13H,3-4,6-7,17H2,1-2H3/t10?,11-,13?/m1/s1. The Balaban J connectivity index is 2.09. The zero-order valence-electron chi connectivity index (χ0n) is 11.2. The van der Waals surface area contributed by atoms with E-state index in [1.165, 1.54) is 12.8 Å². The van der Waals surface area contributed by atoms with Gasteiger partial charge < -0.3 is 10.5 Å². The van der Waals surface area contributed by atoms with Crippen LogP contribution in [0.5, 0.6) is 5.75 Å². The fourth-order valence-corrected chi connectivity index (χ4v) is 2.69. The molecular formula is C15H22ClNO. The van der Waals surface area contributed by atoms with Crippen LogP contribution < -0.4 is 10.5 Å². The molecule has 0 unspecified atom stereocenters. The Morgan fingerprint density at radius 2 is 1.94 bits per heavy atom. The number of benzene rings is 1. The second-order valence-electron chi connectivity index (χ2n) is 5.47. The third-order valence-corrected chi connectivity index (χ3v) is 3.95. The number of hydrogen-bond acceptors (Lipinski definition) is 2. The Labute approximate surface area is 114 Å². The molecule has 0 aliphatic heterocycles. The van der Waals surface area contributed by atoms with Gasteiger partial charge >= 0.3 is 0 Å². The van der Waals surface area contributed by atoms with Crippen LogP contribution >= 0.6 is 11.6 Å². The Morgan fingerprint density at radius 3 is 2.56 bits per heavy atom. The largest absolute Gasteiger partial charge is 0.490 e. The zero-order chi connectivity index (χ0) is 13.1. The normalized spacial score (nSPS) is 25.8. The van der Waals surface area contributed by atoms with E-state index in [0.29, 0.717) is 11.1 Å². The fraction of sp³-hybridized carbons (Fsp3) is 0.600. The number of hydrogen-bond donors (Lipinski definition) is 1. The van der Waals surface area contributed by atoms with E-state index in [9.17, 15) is 0 Å². The van der Waals surface area contributed by atoms with Gasteiger partial charge in [-0.05, 0) is 56.7 Å². The molecule has 1 saturated carbocycles. The molecule has 2 nitrogen and oxygen atoms in total. The van der Waals surface area contributed by atoms with Gasteiger partial charge in [0.05, 0.1) is 6.10 Å². The summed E-state index contributed by atoms with van der Waals surface area (Å²) in [6.07, 6.45) is 5.13. The van der Waals surface area contributed by atoms with Gasteiger partial charge in [0.15, 0.2) is 0 Å². The van der Waals surface area contributed by atoms with Gasteiger partial charge in [0.2, 0.25) is 0 Å². The van der Waals surface area contributed by atoms with Crippen molar-refractivity contribution < 1.29 is 4.74 Å². The van der Waals surface area contributed by atoms with Crippen molar-refractivity contribution in [3.8, 4) is 5.75 Å². The van der Waals surface area contributed by atoms with E-state index in [4.69, 9.17) is 22.1 Å². The molecule has 1 aromatic rings. The lowest BCUT2D eigenvalue weighted by molar-refractivity contribution is 0.134. The third kappa shape index (κ3) is 3.39. The van der Waals surface area contributed by atoms with Gasteiger partial charge in [-0.25, -0.2) is 0 Å². The van der Waals surface area contributed by atoms with E-state index in [1.54, 1.807) is 0 Å². The molecule has 100 valence electrons. The lowest BCUT2D eigenvalue weighted by Gasteiger charge is -2.28. The molecule has 18 heavy (non-hydrogen) atoms. The first-order chi connectivity index (χ1) is 8.56. The molecule has 0 amide bonds. The highest BCUT2D eigenvalue weighted by Crippen LogP contribution is 2.32. The highest BCUT2D eigenvalue weighted by atomic mass is 35.5. The maximum absolute atomic E-state index is 6.11. The molecule has 1 fully saturated rings. The Kier molecular flexibility index (Phi) is 4.52. The summed E-state index contributed by atoms with van der Waals surface area (Å²) in [4.78, 5) is 0. The van der Waals surface area contributed by atoms with E-state index < -0.39 is 0 Å². The highest BCUT2D eigenvalue weighted by molar-refractivity contribution is 6.30. The van der Waals surface area contributed by atoms with E-state index in [2.05, 4.69) is 6.92 Å². The molecule has 0 heterocycles. The minimum Gasteiger partial charge on any atom is -0.490 e. The number of nitrogens with two attached hydrogens (primary N) is 1. The van der Waals surface area contributed by atoms with Crippen molar-refractivity contribution in [3.05, 3.63) is 28.8 Å². The minimum atomic E-state index is -0.0544. The average Bonchev–Trinajstić information content (AvgIpc) is 2.34. The summed E-state index contributed by atoms with van der Waals surface area (Å²) in [5, 5.41) is 0.715. The first-order valence-electron chi connectivity index (χ1n) is 6.78. The van der Waals surface area contributed by atoms with E-state index in [0.717, 1.165) is 30.1 Å². The fourth-order valence-electron chi connectivity index (χ4n) is 2.51. The van der Waals surface area contributed by atoms with Crippen molar-refractivity contribution in [2.75, 3.05) is 0 Å².